The van der Waals surface area contributed by atoms with E-state index in [0.29, 0.717) is 6.54 Å². The molecule has 0 saturated heterocycles. The fourth-order valence-corrected chi connectivity index (χ4v) is 4.70. The van der Waals surface area contributed by atoms with E-state index in [0.717, 1.165) is 42.4 Å². The number of likely N-dealkylation sites (N-methyl/N-ethyl adjacent to an activating group) is 1. The fraction of sp³-hybridized carbons (Fsp3) is 0.679. The Hall–Kier alpha value is -2.57. The van der Waals surface area contributed by atoms with Crippen LogP contribution in [0.3, 0.4) is 0 Å². The number of nitrogens with one attached hydrogen (secondary N) is 2. The topological polar surface area (TPSA) is 87.7 Å². The summed E-state index contributed by atoms with van der Waals surface area (Å²) >= 11 is 0. The quantitative estimate of drug-likeness (QED) is 0.528. The van der Waals surface area contributed by atoms with Gasteiger partial charge in [0.1, 0.15) is 17.7 Å². The summed E-state index contributed by atoms with van der Waals surface area (Å²) in [7, 11) is 0. The molecular weight excluding hydrogens is 442 g/mol. The zero-order valence-electron chi connectivity index (χ0n) is 22.9. The molecule has 0 bridgehead atoms. The highest BCUT2D eigenvalue weighted by atomic mass is 16.6. The van der Waals surface area contributed by atoms with E-state index in [2.05, 4.69) is 10.6 Å². The minimum absolute atomic E-state index is 0.124. The SMILES string of the molecule is CCN(C(=O)C(NC(=O)OC(C)(C)C)C(C)C)C(C(=O)NC1CCCCC1)c1ccc(C)cc1C. The molecule has 196 valence electrons. The van der Waals surface area contributed by atoms with Gasteiger partial charge in [-0.05, 0) is 71.4 Å². The van der Waals surface area contributed by atoms with Gasteiger partial charge in [-0.2, -0.15) is 0 Å². The van der Waals surface area contributed by atoms with Crippen molar-refractivity contribution in [1.29, 1.82) is 0 Å². The normalized spacial score (nSPS) is 16.4. The number of benzene rings is 1. The standard InChI is InChI=1S/C28H45N3O4/c1-9-31(26(33)23(18(2)3)30-27(34)35-28(6,7)8)24(22-16-15-19(4)17-20(22)5)25(32)29-21-13-11-10-12-14-21/h15-18,21,23-24H,9-14H2,1-8H3,(H,29,32)(H,30,34). The van der Waals surface area contributed by atoms with Crippen LogP contribution < -0.4 is 10.6 Å². The number of carbonyl (C=O) groups is 3. The maximum atomic E-state index is 13.9. The monoisotopic (exact) mass is 487 g/mol. The average Bonchev–Trinajstić information content (AvgIpc) is 2.75. The minimum atomic E-state index is -0.819. The lowest BCUT2D eigenvalue weighted by Gasteiger charge is -2.36. The van der Waals surface area contributed by atoms with Crippen LogP contribution in [0.25, 0.3) is 0 Å². The predicted octanol–water partition coefficient (Wildman–Crippen LogP) is 5.19. The number of rotatable bonds is 8. The number of carbonyl (C=O) groups excluding carboxylic acids is 3. The summed E-state index contributed by atoms with van der Waals surface area (Å²) in [5, 5.41) is 5.98. The lowest BCUT2D eigenvalue weighted by molar-refractivity contribution is -0.143. The van der Waals surface area contributed by atoms with Crippen molar-refractivity contribution in [2.45, 2.75) is 111 Å². The Balaban J connectivity index is 2.40. The summed E-state index contributed by atoms with van der Waals surface area (Å²) in [4.78, 5) is 41.8. The Bertz CT molecular complexity index is 885. The first-order valence-corrected chi connectivity index (χ1v) is 13.0. The molecule has 0 spiro atoms. The van der Waals surface area contributed by atoms with Crippen LogP contribution in [0, 0.1) is 19.8 Å². The Kier molecular flexibility index (Phi) is 10.2. The molecule has 0 aromatic heterocycles. The molecule has 0 heterocycles. The van der Waals surface area contributed by atoms with Gasteiger partial charge >= 0.3 is 6.09 Å². The van der Waals surface area contributed by atoms with Gasteiger partial charge in [0.2, 0.25) is 11.8 Å². The van der Waals surface area contributed by atoms with Crippen molar-refractivity contribution >= 4 is 17.9 Å². The predicted molar refractivity (Wildman–Crippen MR) is 139 cm³/mol. The molecular formula is C28H45N3O4. The summed E-state index contributed by atoms with van der Waals surface area (Å²) in [6.45, 7) is 15.3. The van der Waals surface area contributed by atoms with Crippen LogP contribution in [0.5, 0.6) is 0 Å². The second-order valence-electron chi connectivity index (χ2n) is 11.1. The smallest absolute Gasteiger partial charge is 0.408 e. The number of alkyl carbamates (subject to hydrolysis) is 1. The maximum absolute atomic E-state index is 13.9. The van der Waals surface area contributed by atoms with Crippen LogP contribution in [0.2, 0.25) is 0 Å². The number of hydrogen-bond donors (Lipinski definition) is 2. The van der Waals surface area contributed by atoms with Crippen molar-refractivity contribution in [2.75, 3.05) is 6.54 Å². The molecule has 3 amide bonds. The lowest BCUT2D eigenvalue weighted by atomic mass is 9.93. The molecule has 7 heteroatoms. The molecule has 1 saturated carbocycles. The molecule has 0 radical (unpaired) electrons. The molecule has 2 N–H and O–H groups in total. The number of hydrogen-bond acceptors (Lipinski definition) is 4. The molecule has 2 atom stereocenters. The number of aryl methyl sites for hydroxylation is 2. The van der Waals surface area contributed by atoms with E-state index < -0.39 is 23.8 Å². The van der Waals surface area contributed by atoms with Crippen LogP contribution in [0.15, 0.2) is 18.2 Å². The number of amides is 3. The van der Waals surface area contributed by atoms with Gasteiger partial charge in [0.05, 0.1) is 0 Å². The Labute approximate surface area is 211 Å². The van der Waals surface area contributed by atoms with Gasteiger partial charge < -0.3 is 20.3 Å². The highest BCUT2D eigenvalue weighted by molar-refractivity contribution is 5.92. The van der Waals surface area contributed by atoms with Crippen molar-refractivity contribution in [3.8, 4) is 0 Å². The number of nitrogens with zero attached hydrogens (tertiary/aromatic N) is 1. The van der Waals surface area contributed by atoms with Crippen molar-refractivity contribution in [1.82, 2.24) is 15.5 Å². The Morgan fingerprint density at radius 3 is 2.23 bits per heavy atom. The van der Waals surface area contributed by atoms with Gasteiger partial charge in [-0.25, -0.2) is 4.79 Å². The molecule has 35 heavy (non-hydrogen) atoms. The Morgan fingerprint density at radius 1 is 1.09 bits per heavy atom. The summed E-state index contributed by atoms with van der Waals surface area (Å²) in [5.74, 6) is -0.652. The van der Waals surface area contributed by atoms with Crippen molar-refractivity contribution < 1.29 is 19.1 Å². The summed E-state index contributed by atoms with van der Waals surface area (Å²) < 4.78 is 5.41. The third-order valence-electron chi connectivity index (χ3n) is 6.46. The highest BCUT2D eigenvalue weighted by Gasteiger charge is 2.38. The molecule has 1 aliphatic carbocycles. The first kappa shape index (κ1) is 28.7. The van der Waals surface area contributed by atoms with Crippen LogP contribution in [0.1, 0.15) is 96.4 Å². The van der Waals surface area contributed by atoms with Gasteiger partial charge in [0.25, 0.3) is 0 Å². The first-order chi connectivity index (χ1) is 16.3. The van der Waals surface area contributed by atoms with Gasteiger partial charge in [0.15, 0.2) is 0 Å². The maximum Gasteiger partial charge on any atom is 0.408 e. The van der Waals surface area contributed by atoms with E-state index in [1.54, 1.807) is 25.7 Å². The summed E-state index contributed by atoms with van der Waals surface area (Å²) in [6.07, 6.45) is 4.67. The van der Waals surface area contributed by atoms with E-state index in [4.69, 9.17) is 4.74 Å². The summed E-state index contributed by atoms with van der Waals surface area (Å²) in [5.41, 5.74) is 2.18. The van der Waals surface area contributed by atoms with Crippen LogP contribution in [-0.2, 0) is 14.3 Å². The van der Waals surface area contributed by atoms with Gasteiger partial charge in [0, 0.05) is 12.6 Å². The molecule has 1 fully saturated rings. The molecule has 7 nitrogen and oxygen atoms in total. The molecule has 2 unspecified atom stereocenters. The van der Waals surface area contributed by atoms with Crippen LogP contribution >= 0.6 is 0 Å². The summed E-state index contributed by atoms with van der Waals surface area (Å²) in [6, 6.07) is 4.47. The third kappa shape index (κ3) is 8.25. The largest absolute Gasteiger partial charge is 0.444 e. The van der Waals surface area contributed by atoms with Crippen molar-refractivity contribution in [3.05, 3.63) is 34.9 Å². The zero-order valence-corrected chi connectivity index (χ0v) is 22.9. The lowest BCUT2D eigenvalue weighted by Crippen LogP contribution is -2.55. The van der Waals surface area contributed by atoms with E-state index in [-0.39, 0.29) is 23.8 Å². The van der Waals surface area contributed by atoms with E-state index in [1.807, 2.05) is 52.8 Å². The van der Waals surface area contributed by atoms with Crippen LogP contribution in [-0.4, -0.2) is 47.0 Å². The molecule has 2 rings (SSSR count). The minimum Gasteiger partial charge on any atom is -0.444 e. The average molecular weight is 488 g/mol. The van der Waals surface area contributed by atoms with Crippen molar-refractivity contribution in [3.63, 3.8) is 0 Å². The van der Waals surface area contributed by atoms with Gasteiger partial charge in [-0.15, -0.1) is 0 Å². The van der Waals surface area contributed by atoms with E-state index in [9.17, 15) is 14.4 Å². The highest BCUT2D eigenvalue weighted by Crippen LogP contribution is 2.28. The Morgan fingerprint density at radius 2 is 1.71 bits per heavy atom. The molecule has 1 aliphatic rings. The molecule has 1 aromatic rings. The van der Waals surface area contributed by atoms with Crippen molar-refractivity contribution in [2.24, 2.45) is 5.92 Å². The van der Waals surface area contributed by atoms with E-state index in [1.165, 1.54) is 6.42 Å². The second kappa shape index (κ2) is 12.4. The van der Waals surface area contributed by atoms with Crippen LogP contribution in [0.4, 0.5) is 4.79 Å². The molecule has 1 aromatic carbocycles. The zero-order chi connectivity index (χ0) is 26.3. The fourth-order valence-electron chi connectivity index (χ4n) is 4.70. The van der Waals surface area contributed by atoms with E-state index >= 15 is 0 Å². The first-order valence-electron chi connectivity index (χ1n) is 13.0. The molecule has 0 aliphatic heterocycles. The number of ether oxygens (including phenoxy) is 1. The third-order valence-corrected chi connectivity index (χ3v) is 6.46. The second-order valence-corrected chi connectivity index (χ2v) is 11.1. The van der Waals surface area contributed by atoms with Gasteiger partial charge in [-0.3, -0.25) is 9.59 Å². The van der Waals surface area contributed by atoms with Gasteiger partial charge in [-0.1, -0.05) is 56.9 Å².